The number of non-ortho nitro benzene ring substituents is 1. The Bertz CT molecular complexity index is 763. The van der Waals surface area contributed by atoms with Crippen molar-refractivity contribution in [2.75, 3.05) is 71.3 Å². The highest BCUT2D eigenvalue weighted by Crippen LogP contribution is 2.28. The molecule has 13 nitrogen and oxygen atoms in total. The van der Waals surface area contributed by atoms with Gasteiger partial charge in [-0.1, -0.05) is 19.8 Å². The van der Waals surface area contributed by atoms with Gasteiger partial charge in [0, 0.05) is 19.0 Å². The molecule has 0 unspecified atom stereocenters. The van der Waals surface area contributed by atoms with E-state index in [1.54, 1.807) is 0 Å². The quantitative estimate of drug-likeness (QED) is 0.107. The molecule has 0 aliphatic carbocycles. The molecule has 1 N–H and O–H groups in total. The van der Waals surface area contributed by atoms with E-state index in [-0.39, 0.29) is 36.2 Å². The van der Waals surface area contributed by atoms with Crippen LogP contribution in [0.1, 0.15) is 32.6 Å². The van der Waals surface area contributed by atoms with E-state index >= 15 is 0 Å². The average Bonchev–Trinajstić information content (AvgIpc) is 2.83. The van der Waals surface area contributed by atoms with Gasteiger partial charge in [-0.2, -0.15) is 0 Å². The third kappa shape index (κ3) is 14.9. The molecule has 0 radical (unpaired) electrons. The van der Waals surface area contributed by atoms with E-state index in [2.05, 4.69) is 12.2 Å². The topological polar surface area (TPSA) is 162 Å². The van der Waals surface area contributed by atoms with Crippen molar-refractivity contribution in [3.63, 3.8) is 0 Å². The van der Waals surface area contributed by atoms with Crippen LogP contribution >= 0.6 is 0 Å². The number of carbonyl (C=O) groups excluding carboxylic acids is 1. The molecular weight excluding hydrogens is 466 g/mol. The Hall–Kier alpha value is -2.87. The zero-order chi connectivity index (χ0) is 25.7. The number of rotatable bonds is 22. The maximum Gasteiger partial charge on any atom is 0.305 e. The number of nitrogens with zero attached hydrogens (tertiary/aromatic N) is 2. The Morgan fingerprint density at radius 2 is 1.40 bits per heavy atom. The van der Waals surface area contributed by atoms with Crippen LogP contribution in [0.15, 0.2) is 18.2 Å². The summed E-state index contributed by atoms with van der Waals surface area (Å²) in [6, 6.07) is 3.41. The Labute approximate surface area is 204 Å². The fourth-order valence-corrected chi connectivity index (χ4v) is 2.76. The van der Waals surface area contributed by atoms with Crippen molar-refractivity contribution in [3.8, 4) is 0 Å². The summed E-state index contributed by atoms with van der Waals surface area (Å²) in [5.41, 5.74) is -0.526. The van der Waals surface area contributed by atoms with E-state index in [4.69, 9.17) is 23.7 Å². The number of hydrogen-bond donors (Lipinski definition) is 1. The predicted octanol–water partition coefficient (Wildman–Crippen LogP) is 3.10. The number of esters is 1. The summed E-state index contributed by atoms with van der Waals surface area (Å²) in [6.45, 7) is 5.53. The minimum atomic E-state index is -0.684. The molecule has 198 valence electrons. The zero-order valence-electron chi connectivity index (χ0n) is 20.1. The second kappa shape index (κ2) is 19.4. The van der Waals surface area contributed by atoms with E-state index in [0.717, 1.165) is 25.3 Å². The number of benzene rings is 1. The van der Waals surface area contributed by atoms with Gasteiger partial charge in [-0.15, -0.1) is 0 Å². The summed E-state index contributed by atoms with van der Waals surface area (Å²) in [4.78, 5) is 31.9. The van der Waals surface area contributed by atoms with E-state index in [1.165, 1.54) is 12.1 Å². The summed E-state index contributed by atoms with van der Waals surface area (Å²) >= 11 is 0. The number of nitrogens with one attached hydrogen (secondary N) is 1. The van der Waals surface area contributed by atoms with Crippen LogP contribution in [0.3, 0.4) is 0 Å². The van der Waals surface area contributed by atoms with Crippen LogP contribution in [0.4, 0.5) is 17.1 Å². The van der Waals surface area contributed by atoms with Gasteiger partial charge in [-0.05, 0) is 12.5 Å². The molecule has 1 rings (SSSR count). The molecule has 0 heterocycles. The monoisotopic (exact) mass is 501 g/mol. The first-order valence-electron chi connectivity index (χ1n) is 11.6. The van der Waals surface area contributed by atoms with Gasteiger partial charge in [0.1, 0.15) is 12.3 Å². The van der Waals surface area contributed by atoms with Crippen molar-refractivity contribution in [1.82, 2.24) is 0 Å². The Kier molecular flexibility index (Phi) is 16.8. The lowest BCUT2D eigenvalue weighted by molar-refractivity contribution is -0.393. The second-order valence-corrected chi connectivity index (χ2v) is 7.27. The molecule has 0 saturated heterocycles. The van der Waals surface area contributed by atoms with Gasteiger partial charge >= 0.3 is 5.97 Å². The fraction of sp³-hybridized carbons (Fsp3) is 0.682. The second-order valence-electron chi connectivity index (χ2n) is 7.27. The Morgan fingerprint density at radius 1 is 0.829 bits per heavy atom. The van der Waals surface area contributed by atoms with Crippen molar-refractivity contribution in [3.05, 3.63) is 38.4 Å². The minimum absolute atomic E-state index is 0.185. The van der Waals surface area contributed by atoms with E-state index in [0.29, 0.717) is 59.2 Å². The van der Waals surface area contributed by atoms with Gasteiger partial charge in [-0.25, -0.2) is 0 Å². The first-order valence-corrected chi connectivity index (χ1v) is 11.6. The van der Waals surface area contributed by atoms with E-state index < -0.39 is 9.85 Å². The molecule has 1 aromatic carbocycles. The molecule has 0 aliphatic rings. The maximum atomic E-state index is 11.4. The van der Waals surface area contributed by atoms with Crippen LogP contribution in [-0.4, -0.2) is 81.8 Å². The average molecular weight is 502 g/mol. The number of nitro groups is 2. The van der Waals surface area contributed by atoms with Crippen molar-refractivity contribution in [2.45, 2.75) is 32.6 Å². The summed E-state index contributed by atoms with van der Waals surface area (Å²) < 4.78 is 26.5. The standard InChI is InChI=1S/C22H35N3O10/c1-2-3-4-5-22(26)35-17-16-34-15-14-33-13-12-32-11-10-31-9-8-23-20-7-6-19(24(27)28)18-21(20)25(29)30/h6-7,18,23H,2-5,8-17H2,1H3. The van der Waals surface area contributed by atoms with Gasteiger partial charge in [-0.3, -0.25) is 25.0 Å². The molecule has 0 aliphatic heterocycles. The highest BCUT2D eigenvalue weighted by atomic mass is 16.6. The number of ether oxygens (including phenoxy) is 5. The van der Waals surface area contributed by atoms with Gasteiger partial charge in [0.25, 0.3) is 11.4 Å². The smallest absolute Gasteiger partial charge is 0.305 e. The van der Waals surface area contributed by atoms with Crippen LogP contribution in [0.2, 0.25) is 0 Å². The van der Waals surface area contributed by atoms with E-state index in [9.17, 15) is 25.0 Å². The first-order chi connectivity index (χ1) is 17.0. The van der Waals surface area contributed by atoms with Crippen molar-refractivity contribution >= 4 is 23.0 Å². The molecule has 0 amide bonds. The number of anilines is 1. The molecule has 13 heteroatoms. The van der Waals surface area contributed by atoms with Gasteiger partial charge < -0.3 is 29.0 Å². The number of hydrogen-bond acceptors (Lipinski definition) is 11. The third-order valence-electron chi connectivity index (χ3n) is 4.54. The van der Waals surface area contributed by atoms with Gasteiger partial charge in [0.2, 0.25) is 0 Å². The molecule has 0 spiro atoms. The van der Waals surface area contributed by atoms with Crippen LogP contribution in [0.25, 0.3) is 0 Å². The molecule has 35 heavy (non-hydrogen) atoms. The van der Waals surface area contributed by atoms with Crippen LogP contribution < -0.4 is 5.32 Å². The summed E-state index contributed by atoms with van der Waals surface area (Å²) in [6.07, 6.45) is 3.40. The van der Waals surface area contributed by atoms with Crippen LogP contribution in [-0.2, 0) is 28.5 Å². The molecule has 0 aromatic heterocycles. The Balaban J connectivity index is 1.92. The zero-order valence-corrected chi connectivity index (χ0v) is 20.1. The molecular formula is C22H35N3O10. The molecule has 0 bridgehead atoms. The lowest BCUT2D eigenvalue weighted by atomic mass is 10.2. The number of nitro benzene ring substituents is 2. The van der Waals surface area contributed by atoms with Crippen molar-refractivity contribution in [2.24, 2.45) is 0 Å². The highest BCUT2D eigenvalue weighted by Gasteiger charge is 2.18. The SMILES string of the molecule is CCCCCC(=O)OCCOCCOCCOCCOCCNc1ccc([N+](=O)[O-])cc1[N+](=O)[O-]. The van der Waals surface area contributed by atoms with Gasteiger partial charge in [0.15, 0.2) is 0 Å². The summed E-state index contributed by atoms with van der Waals surface area (Å²) in [5, 5.41) is 24.7. The van der Waals surface area contributed by atoms with Crippen molar-refractivity contribution < 1.29 is 38.3 Å². The summed E-state index contributed by atoms with van der Waals surface area (Å²) in [5.74, 6) is -0.191. The predicted molar refractivity (Wildman–Crippen MR) is 127 cm³/mol. The minimum Gasteiger partial charge on any atom is -0.463 e. The Morgan fingerprint density at radius 3 is 1.94 bits per heavy atom. The lowest BCUT2D eigenvalue weighted by Gasteiger charge is -2.09. The molecule has 1 aromatic rings. The number of unbranched alkanes of at least 4 members (excludes halogenated alkanes) is 2. The maximum absolute atomic E-state index is 11.4. The third-order valence-corrected chi connectivity index (χ3v) is 4.54. The first kappa shape index (κ1) is 30.2. The largest absolute Gasteiger partial charge is 0.463 e. The highest BCUT2D eigenvalue weighted by molar-refractivity contribution is 5.69. The lowest BCUT2D eigenvalue weighted by Crippen LogP contribution is -2.15. The number of carbonyl (C=O) groups is 1. The molecule has 0 atom stereocenters. The van der Waals surface area contributed by atoms with E-state index in [1.807, 2.05) is 0 Å². The van der Waals surface area contributed by atoms with Crippen LogP contribution in [0.5, 0.6) is 0 Å². The van der Waals surface area contributed by atoms with Crippen LogP contribution in [0, 0.1) is 20.2 Å². The summed E-state index contributed by atoms with van der Waals surface area (Å²) in [7, 11) is 0. The normalized spacial score (nSPS) is 10.8. The molecule has 0 fully saturated rings. The van der Waals surface area contributed by atoms with Crippen molar-refractivity contribution in [1.29, 1.82) is 0 Å². The van der Waals surface area contributed by atoms with Gasteiger partial charge in [0.05, 0.1) is 68.8 Å². The molecule has 0 saturated carbocycles. The fourth-order valence-electron chi connectivity index (χ4n) is 2.76.